The summed E-state index contributed by atoms with van der Waals surface area (Å²) < 4.78 is 0. The van der Waals surface area contributed by atoms with Gasteiger partial charge in [0.25, 0.3) is 0 Å². The third kappa shape index (κ3) is 6.29. The summed E-state index contributed by atoms with van der Waals surface area (Å²) in [5.74, 6) is 0.613. The Morgan fingerprint density at radius 3 is 2.83 bits per heavy atom. The van der Waals surface area contributed by atoms with E-state index in [4.69, 9.17) is 28.9 Å². The molecular formula is C16H23Cl2IN4O. The highest BCUT2D eigenvalue weighted by Crippen LogP contribution is 2.25. The van der Waals surface area contributed by atoms with Crippen molar-refractivity contribution in [2.45, 2.75) is 32.2 Å². The van der Waals surface area contributed by atoms with Gasteiger partial charge in [0.05, 0.1) is 6.04 Å². The van der Waals surface area contributed by atoms with Gasteiger partial charge in [-0.1, -0.05) is 29.3 Å². The zero-order valence-electron chi connectivity index (χ0n) is 13.6. The topological polar surface area (TPSA) is 70.7 Å². The van der Waals surface area contributed by atoms with Gasteiger partial charge in [-0.15, -0.1) is 24.0 Å². The maximum absolute atomic E-state index is 11.5. The number of rotatable bonds is 6. The third-order valence-electron chi connectivity index (χ3n) is 3.83. The fourth-order valence-corrected chi connectivity index (χ4v) is 3.17. The Kier molecular flexibility index (Phi) is 9.15. The second-order valence-electron chi connectivity index (χ2n) is 5.64. The SMILES string of the molecule is CC(NC(N)=NCCCN1CCCC1=O)c1ccc(Cl)cc1Cl.I. The second-order valence-corrected chi connectivity index (χ2v) is 6.48. The van der Waals surface area contributed by atoms with Crippen molar-refractivity contribution in [3.8, 4) is 0 Å². The number of guanidine groups is 1. The van der Waals surface area contributed by atoms with E-state index >= 15 is 0 Å². The second kappa shape index (κ2) is 10.3. The molecule has 8 heteroatoms. The number of benzene rings is 1. The fraction of sp³-hybridized carbons (Fsp3) is 0.500. The molecule has 0 aliphatic carbocycles. The first-order valence-electron chi connectivity index (χ1n) is 7.76. The first-order valence-corrected chi connectivity index (χ1v) is 8.52. The predicted octanol–water partition coefficient (Wildman–Crippen LogP) is 3.59. The molecule has 134 valence electrons. The first kappa shape index (κ1) is 21.3. The number of likely N-dealkylation sites (tertiary alicyclic amines) is 1. The summed E-state index contributed by atoms with van der Waals surface area (Å²) in [5.41, 5.74) is 6.82. The summed E-state index contributed by atoms with van der Waals surface area (Å²) in [4.78, 5) is 17.7. The Balaban J connectivity index is 0.00000288. The van der Waals surface area contributed by atoms with Crippen molar-refractivity contribution in [3.05, 3.63) is 33.8 Å². The van der Waals surface area contributed by atoms with Gasteiger partial charge >= 0.3 is 0 Å². The highest BCUT2D eigenvalue weighted by atomic mass is 127. The lowest BCUT2D eigenvalue weighted by Crippen LogP contribution is -2.34. The van der Waals surface area contributed by atoms with E-state index in [9.17, 15) is 4.79 Å². The summed E-state index contributed by atoms with van der Waals surface area (Å²) in [6, 6.07) is 5.30. The molecule has 1 aliphatic heterocycles. The van der Waals surface area contributed by atoms with Gasteiger partial charge in [-0.3, -0.25) is 9.79 Å². The zero-order chi connectivity index (χ0) is 16.8. The van der Waals surface area contributed by atoms with Crippen LogP contribution in [-0.4, -0.2) is 36.4 Å². The van der Waals surface area contributed by atoms with E-state index in [0.717, 1.165) is 31.5 Å². The molecule has 5 nitrogen and oxygen atoms in total. The lowest BCUT2D eigenvalue weighted by atomic mass is 10.1. The first-order chi connectivity index (χ1) is 11.0. The Morgan fingerprint density at radius 2 is 2.21 bits per heavy atom. The van der Waals surface area contributed by atoms with Crippen LogP contribution in [0.4, 0.5) is 0 Å². The number of nitrogens with one attached hydrogen (secondary N) is 1. The summed E-state index contributed by atoms with van der Waals surface area (Å²) in [6.45, 7) is 4.15. The molecule has 1 heterocycles. The minimum Gasteiger partial charge on any atom is -0.370 e. The molecule has 1 amide bonds. The average molecular weight is 485 g/mol. The molecule has 3 N–H and O–H groups in total. The van der Waals surface area contributed by atoms with Gasteiger partial charge < -0.3 is 16.0 Å². The van der Waals surface area contributed by atoms with E-state index in [0.29, 0.717) is 29.0 Å². The van der Waals surface area contributed by atoms with Crippen LogP contribution in [0.15, 0.2) is 23.2 Å². The van der Waals surface area contributed by atoms with E-state index in [-0.39, 0.29) is 35.9 Å². The third-order valence-corrected chi connectivity index (χ3v) is 4.40. The highest BCUT2D eigenvalue weighted by molar-refractivity contribution is 14.0. The molecule has 1 fully saturated rings. The molecule has 1 unspecified atom stereocenters. The average Bonchev–Trinajstić information content (AvgIpc) is 2.88. The minimum atomic E-state index is -0.0660. The predicted molar refractivity (Wildman–Crippen MR) is 110 cm³/mol. The Hall–Kier alpha value is -0.730. The maximum atomic E-state index is 11.5. The Morgan fingerprint density at radius 1 is 1.46 bits per heavy atom. The number of hydrogen-bond acceptors (Lipinski definition) is 2. The van der Waals surface area contributed by atoms with Gasteiger partial charge in [0.1, 0.15) is 0 Å². The van der Waals surface area contributed by atoms with E-state index in [1.54, 1.807) is 12.1 Å². The van der Waals surface area contributed by atoms with Crippen LogP contribution in [0.1, 0.15) is 37.8 Å². The van der Waals surface area contributed by atoms with Crippen molar-refractivity contribution in [3.63, 3.8) is 0 Å². The van der Waals surface area contributed by atoms with E-state index < -0.39 is 0 Å². The van der Waals surface area contributed by atoms with Gasteiger partial charge in [0, 0.05) is 36.1 Å². The quantitative estimate of drug-likeness (QED) is 0.280. The van der Waals surface area contributed by atoms with Crippen LogP contribution in [0.25, 0.3) is 0 Å². The number of halogens is 3. The summed E-state index contributed by atoms with van der Waals surface area (Å²) >= 11 is 12.1. The highest BCUT2D eigenvalue weighted by Gasteiger charge is 2.18. The van der Waals surface area contributed by atoms with Crippen molar-refractivity contribution in [2.75, 3.05) is 19.6 Å². The molecule has 0 bridgehead atoms. The molecule has 2 rings (SSSR count). The fourth-order valence-electron chi connectivity index (χ4n) is 2.60. The standard InChI is InChI=1S/C16H22Cl2N4O.HI/c1-11(13-6-5-12(17)10-14(13)18)21-16(19)20-7-3-9-22-8-2-4-15(22)23;/h5-6,10-11H,2-4,7-9H2,1H3,(H3,19,20,21);1H. The van der Waals surface area contributed by atoms with Crippen LogP contribution in [0.2, 0.25) is 10.0 Å². The molecular weight excluding hydrogens is 462 g/mol. The van der Waals surface area contributed by atoms with Crippen molar-refractivity contribution in [1.82, 2.24) is 10.2 Å². The van der Waals surface area contributed by atoms with Crippen molar-refractivity contribution >= 4 is 59.0 Å². The normalized spacial score (nSPS) is 16.0. The molecule has 0 spiro atoms. The number of aliphatic imine (C=N–C) groups is 1. The van der Waals surface area contributed by atoms with Crippen LogP contribution in [0.3, 0.4) is 0 Å². The van der Waals surface area contributed by atoms with Gasteiger partial charge in [-0.25, -0.2) is 0 Å². The van der Waals surface area contributed by atoms with E-state index in [1.807, 2.05) is 17.9 Å². The largest absolute Gasteiger partial charge is 0.370 e. The number of carbonyl (C=O) groups is 1. The number of nitrogens with zero attached hydrogens (tertiary/aromatic N) is 2. The molecule has 1 aromatic rings. The summed E-state index contributed by atoms with van der Waals surface area (Å²) in [7, 11) is 0. The number of hydrogen-bond donors (Lipinski definition) is 2. The number of amides is 1. The maximum Gasteiger partial charge on any atom is 0.222 e. The van der Waals surface area contributed by atoms with Crippen LogP contribution in [0, 0.1) is 0 Å². The Bertz CT molecular complexity index is 597. The molecule has 0 aromatic heterocycles. The van der Waals surface area contributed by atoms with Crippen LogP contribution < -0.4 is 11.1 Å². The minimum absolute atomic E-state index is 0. The lowest BCUT2D eigenvalue weighted by Gasteiger charge is -2.17. The van der Waals surface area contributed by atoms with Crippen LogP contribution >= 0.6 is 47.2 Å². The van der Waals surface area contributed by atoms with Crippen molar-refractivity contribution < 1.29 is 4.79 Å². The van der Waals surface area contributed by atoms with Gasteiger partial charge in [-0.05, 0) is 37.5 Å². The van der Waals surface area contributed by atoms with Crippen LogP contribution in [-0.2, 0) is 4.79 Å². The molecule has 1 saturated heterocycles. The summed E-state index contributed by atoms with van der Waals surface area (Å²) in [5, 5.41) is 4.31. The van der Waals surface area contributed by atoms with E-state index in [1.165, 1.54) is 0 Å². The van der Waals surface area contributed by atoms with Gasteiger partial charge in [-0.2, -0.15) is 0 Å². The number of carbonyl (C=O) groups excluding carboxylic acids is 1. The zero-order valence-corrected chi connectivity index (χ0v) is 17.4. The van der Waals surface area contributed by atoms with Crippen molar-refractivity contribution in [1.29, 1.82) is 0 Å². The molecule has 1 aliphatic rings. The van der Waals surface area contributed by atoms with E-state index in [2.05, 4.69) is 10.3 Å². The van der Waals surface area contributed by atoms with Crippen LogP contribution in [0.5, 0.6) is 0 Å². The van der Waals surface area contributed by atoms with Gasteiger partial charge in [0.15, 0.2) is 5.96 Å². The molecule has 0 saturated carbocycles. The molecule has 24 heavy (non-hydrogen) atoms. The van der Waals surface area contributed by atoms with Crippen molar-refractivity contribution in [2.24, 2.45) is 10.7 Å². The summed E-state index contributed by atoms with van der Waals surface area (Å²) in [6.07, 6.45) is 2.45. The molecule has 1 atom stereocenters. The monoisotopic (exact) mass is 484 g/mol. The smallest absolute Gasteiger partial charge is 0.222 e. The van der Waals surface area contributed by atoms with Gasteiger partial charge in [0.2, 0.25) is 5.91 Å². The molecule has 0 radical (unpaired) electrons. The molecule has 1 aromatic carbocycles. The Labute approximate surface area is 170 Å². The number of nitrogens with two attached hydrogens (primary N) is 1. The lowest BCUT2D eigenvalue weighted by molar-refractivity contribution is -0.127.